The van der Waals surface area contributed by atoms with Crippen molar-refractivity contribution in [1.82, 2.24) is 10.9 Å². The van der Waals surface area contributed by atoms with Gasteiger partial charge in [-0.25, -0.2) is 0 Å². The summed E-state index contributed by atoms with van der Waals surface area (Å²) in [5.41, 5.74) is 4.41. The Labute approximate surface area is 140 Å². The molecule has 2 aromatic rings. The Morgan fingerprint density at radius 3 is 2.33 bits per heavy atom. The number of nitro groups is 1. The van der Waals surface area contributed by atoms with Gasteiger partial charge in [-0.15, -0.1) is 11.3 Å². The zero-order valence-corrected chi connectivity index (χ0v) is 13.2. The summed E-state index contributed by atoms with van der Waals surface area (Å²) in [6.45, 7) is 0. The van der Waals surface area contributed by atoms with Crippen molar-refractivity contribution in [2.45, 2.75) is 12.8 Å². The number of nitrogens with one attached hydrogen (secondary N) is 2. The molecule has 0 saturated heterocycles. The molecule has 0 atom stereocenters. The van der Waals surface area contributed by atoms with Crippen LogP contribution in [-0.2, 0) is 4.79 Å². The van der Waals surface area contributed by atoms with Gasteiger partial charge in [0.05, 0.1) is 9.80 Å². The van der Waals surface area contributed by atoms with Crippen LogP contribution in [0, 0.1) is 10.1 Å². The van der Waals surface area contributed by atoms with Gasteiger partial charge >= 0.3 is 0 Å². The van der Waals surface area contributed by atoms with Gasteiger partial charge < -0.3 is 0 Å². The minimum Gasteiger partial charge on any atom is -0.293 e. The van der Waals surface area contributed by atoms with Crippen molar-refractivity contribution < 1.29 is 19.3 Å². The van der Waals surface area contributed by atoms with E-state index in [0.717, 1.165) is 0 Å². The van der Waals surface area contributed by atoms with Crippen LogP contribution in [0.1, 0.15) is 32.9 Å². The van der Waals surface area contributed by atoms with E-state index in [0.29, 0.717) is 4.88 Å². The van der Waals surface area contributed by atoms with E-state index in [1.165, 1.54) is 35.6 Å². The topological polar surface area (TPSA) is 118 Å². The number of nitrogens with zero attached hydrogens (tertiary/aromatic N) is 1. The first-order chi connectivity index (χ1) is 11.5. The third-order valence-electron chi connectivity index (χ3n) is 3.03. The van der Waals surface area contributed by atoms with Gasteiger partial charge in [-0.2, -0.15) is 0 Å². The predicted molar refractivity (Wildman–Crippen MR) is 86.6 cm³/mol. The molecule has 0 unspecified atom stereocenters. The van der Waals surface area contributed by atoms with E-state index >= 15 is 0 Å². The van der Waals surface area contributed by atoms with Crippen LogP contribution in [0.15, 0.2) is 41.8 Å². The number of hydrazine groups is 1. The van der Waals surface area contributed by atoms with Crippen molar-refractivity contribution in [1.29, 1.82) is 0 Å². The fourth-order valence-corrected chi connectivity index (χ4v) is 2.48. The van der Waals surface area contributed by atoms with Crippen LogP contribution in [0.4, 0.5) is 5.69 Å². The quantitative estimate of drug-likeness (QED) is 0.471. The highest BCUT2D eigenvalue weighted by molar-refractivity contribution is 7.12. The van der Waals surface area contributed by atoms with Crippen LogP contribution in [-0.4, -0.2) is 22.5 Å². The third-order valence-corrected chi connectivity index (χ3v) is 3.94. The van der Waals surface area contributed by atoms with Crippen molar-refractivity contribution in [2.24, 2.45) is 0 Å². The molecule has 0 bridgehead atoms. The predicted octanol–water partition coefficient (Wildman–Crippen LogP) is 2.08. The number of carbonyl (C=O) groups is 3. The number of nitro benzene ring substituents is 1. The molecule has 24 heavy (non-hydrogen) atoms. The first kappa shape index (κ1) is 17.3. The molecule has 0 aliphatic carbocycles. The summed E-state index contributed by atoms with van der Waals surface area (Å²) in [6, 6.07) is 8.37. The number of rotatable bonds is 6. The Kier molecular flexibility index (Phi) is 5.74. The van der Waals surface area contributed by atoms with Crippen LogP contribution in [0.25, 0.3) is 0 Å². The largest absolute Gasteiger partial charge is 0.293 e. The summed E-state index contributed by atoms with van der Waals surface area (Å²) in [4.78, 5) is 45.7. The maximum absolute atomic E-state index is 11.8. The molecule has 1 heterocycles. The van der Waals surface area contributed by atoms with Gasteiger partial charge in [0.15, 0.2) is 5.78 Å². The second kappa shape index (κ2) is 7.97. The lowest BCUT2D eigenvalue weighted by molar-refractivity contribution is -0.384. The van der Waals surface area contributed by atoms with E-state index in [2.05, 4.69) is 10.9 Å². The summed E-state index contributed by atoms with van der Waals surface area (Å²) in [5, 5.41) is 12.3. The Bertz CT molecular complexity index is 756. The molecule has 1 aromatic carbocycles. The molecule has 0 spiro atoms. The highest BCUT2D eigenvalue weighted by atomic mass is 32.1. The van der Waals surface area contributed by atoms with Gasteiger partial charge in [0.25, 0.3) is 11.6 Å². The number of carbonyl (C=O) groups excluding carboxylic acids is 3. The minimum absolute atomic E-state index is 0.0414. The highest BCUT2D eigenvalue weighted by Gasteiger charge is 2.12. The zero-order chi connectivity index (χ0) is 17.5. The molecule has 8 nitrogen and oxygen atoms in total. The van der Waals surface area contributed by atoms with Crippen molar-refractivity contribution in [3.63, 3.8) is 0 Å². The van der Waals surface area contributed by atoms with E-state index in [9.17, 15) is 24.5 Å². The number of amides is 2. The molecule has 124 valence electrons. The zero-order valence-electron chi connectivity index (χ0n) is 12.4. The van der Waals surface area contributed by atoms with Crippen molar-refractivity contribution in [3.8, 4) is 0 Å². The number of ketones is 1. The highest BCUT2D eigenvalue weighted by Crippen LogP contribution is 2.12. The molecule has 0 aliphatic rings. The van der Waals surface area contributed by atoms with E-state index in [4.69, 9.17) is 0 Å². The fourth-order valence-electron chi connectivity index (χ4n) is 1.78. The van der Waals surface area contributed by atoms with Crippen LogP contribution in [0.2, 0.25) is 0 Å². The van der Waals surface area contributed by atoms with Crippen molar-refractivity contribution in [2.75, 3.05) is 0 Å². The molecule has 2 amide bonds. The van der Waals surface area contributed by atoms with Crippen molar-refractivity contribution >= 4 is 34.6 Å². The van der Waals surface area contributed by atoms with E-state index in [1.54, 1.807) is 17.5 Å². The maximum atomic E-state index is 11.8. The fraction of sp³-hybridized carbons (Fsp3) is 0.133. The van der Waals surface area contributed by atoms with Crippen molar-refractivity contribution in [3.05, 3.63) is 62.3 Å². The van der Waals surface area contributed by atoms with Gasteiger partial charge in [-0.3, -0.25) is 35.3 Å². The number of benzene rings is 1. The maximum Gasteiger partial charge on any atom is 0.269 e. The summed E-state index contributed by atoms with van der Waals surface area (Å²) < 4.78 is 0. The standard InChI is InChI=1S/C15H13N3O5S/c19-12(13-2-1-9-24-13)7-8-14(20)16-17-15(21)10-3-5-11(6-4-10)18(22)23/h1-6,9H,7-8H2,(H,16,20)(H,17,21). The number of non-ortho nitro benzene ring substituents is 1. The lowest BCUT2D eigenvalue weighted by Gasteiger charge is -2.07. The average molecular weight is 347 g/mol. The van der Waals surface area contributed by atoms with E-state index in [-0.39, 0.29) is 29.9 Å². The molecule has 2 N–H and O–H groups in total. The molecule has 0 aliphatic heterocycles. The lowest BCUT2D eigenvalue weighted by atomic mass is 10.2. The Morgan fingerprint density at radius 2 is 1.75 bits per heavy atom. The van der Waals surface area contributed by atoms with Crippen LogP contribution in [0.5, 0.6) is 0 Å². The lowest BCUT2D eigenvalue weighted by Crippen LogP contribution is -2.41. The summed E-state index contributed by atoms with van der Waals surface area (Å²) in [5.74, 6) is -1.25. The molecule has 0 saturated carbocycles. The van der Waals surface area contributed by atoms with Gasteiger partial charge in [0.1, 0.15) is 0 Å². The number of hydrogen-bond acceptors (Lipinski definition) is 6. The number of hydrogen-bond donors (Lipinski definition) is 2. The monoisotopic (exact) mass is 347 g/mol. The molecular weight excluding hydrogens is 334 g/mol. The second-order valence-corrected chi connectivity index (χ2v) is 5.65. The first-order valence-corrected chi connectivity index (χ1v) is 7.75. The summed E-state index contributed by atoms with van der Waals surface area (Å²) >= 11 is 1.30. The molecule has 0 radical (unpaired) electrons. The number of Topliss-reactive ketones (excluding diaryl/α,β-unsaturated/α-hetero) is 1. The van der Waals surface area contributed by atoms with E-state index < -0.39 is 16.7 Å². The molecular formula is C15H13N3O5S. The number of thiophene rings is 1. The van der Waals surface area contributed by atoms with Crippen LogP contribution in [0.3, 0.4) is 0 Å². The molecule has 2 rings (SSSR count). The minimum atomic E-state index is -0.608. The summed E-state index contributed by atoms with van der Waals surface area (Å²) in [6.07, 6.45) is -0.0168. The van der Waals surface area contributed by atoms with Gasteiger partial charge in [0.2, 0.25) is 5.91 Å². The van der Waals surface area contributed by atoms with Gasteiger partial charge in [-0.05, 0) is 23.6 Å². The van der Waals surface area contributed by atoms with Crippen LogP contribution >= 0.6 is 11.3 Å². The molecule has 0 fully saturated rings. The Balaban J connectivity index is 1.77. The first-order valence-electron chi connectivity index (χ1n) is 6.87. The van der Waals surface area contributed by atoms with Gasteiger partial charge in [-0.1, -0.05) is 6.07 Å². The van der Waals surface area contributed by atoms with E-state index in [1.807, 2.05) is 0 Å². The smallest absolute Gasteiger partial charge is 0.269 e. The molecule has 1 aromatic heterocycles. The molecule has 9 heteroatoms. The average Bonchev–Trinajstić information content (AvgIpc) is 3.12. The summed E-state index contributed by atoms with van der Waals surface area (Å²) in [7, 11) is 0. The third kappa shape index (κ3) is 4.71. The van der Waals surface area contributed by atoms with Gasteiger partial charge in [0, 0.05) is 30.5 Å². The Morgan fingerprint density at radius 1 is 1.04 bits per heavy atom. The normalized spacial score (nSPS) is 10.0. The second-order valence-electron chi connectivity index (χ2n) is 4.71. The Hall–Kier alpha value is -3.07. The van der Waals surface area contributed by atoms with Crippen LogP contribution < -0.4 is 10.9 Å². The SMILES string of the molecule is O=C(CCC(=O)c1cccs1)NNC(=O)c1ccc([N+](=O)[O-])cc1.